The van der Waals surface area contributed by atoms with Gasteiger partial charge in [-0.3, -0.25) is 4.79 Å². The fourth-order valence-electron chi connectivity index (χ4n) is 3.41. The van der Waals surface area contributed by atoms with Gasteiger partial charge in [0, 0.05) is 11.3 Å². The molecule has 0 saturated carbocycles. The summed E-state index contributed by atoms with van der Waals surface area (Å²) in [5.74, 6) is 1.59. The first kappa shape index (κ1) is 16.8. The van der Waals surface area contributed by atoms with Gasteiger partial charge in [0.1, 0.15) is 5.75 Å². The molecule has 0 N–H and O–H groups in total. The van der Waals surface area contributed by atoms with Crippen molar-refractivity contribution >= 4 is 16.9 Å². The monoisotopic (exact) mass is 338 g/mol. The topological polar surface area (TPSA) is 26.3 Å². The van der Waals surface area contributed by atoms with Crippen LogP contribution in [-0.4, -0.2) is 18.0 Å². The van der Waals surface area contributed by atoms with Gasteiger partial charge in [-0.25, -0.2) is 0 Å². The highest BCUT2D eigenvalue weighted by Crippen LogP contribution is 2.42. The highest BCUT2D eigenvalue weighted by Gasteiger charge is 2.36. The van der Waals surface area contributed by atoms with Gasteiger partial charge in [0.05, 0.1) is 7.11 Å². The van der Waals surface area contributed by atoms with Crippen LogP contribution in [-0.2, 0) is 12.8 Å². The second kappa shape index (κ2) is 7.27. The molecule has 24 heavy (non-hydrogen) atoms. The van der Waals surface area contributed by atoms with Gasteiger partial charge in [-0.1, -0.05) is 42.1 Å². The Bertz CT molecular complexity index is 709. The lowest BCUT2D eigenvalue weighted by Gasteiger charge is -2.27. The summed E-state index contributed by atoms with van der Waals surface area (Å²) in [5.41, 5.74) is 3.66. The number of ether oxygens (including phenoxy) is 1. The Balaban J connectivity index is 1.69. The summed E-state index contributed by atoms with van der Waals surface area (Å²) in [6.45, 7) is 3.93. The molecule has 0 aliphatic heterocycles. The van der Waals surface area contributed by atoms with Crippen LogP contribution in [0.1, 0.15) is 27.9 Å². The summed E-state index contributed by atoms with van der Waals surface area (Å²) in [6, 6.07) is 15.9. The molecular weight excluding hydrogens is 316 g/mol. The van der Waals surface area contributed by atoms with Crippen molar-refractivity contribution in [3.05, 3.63) is 77.9 Å². The second-order valence-electron chi connectivity index (χ2n) is 6.42. The molecule has 0 amide bonds. The molecule has 0 unspecified atom stereocenters. The minimum absolute atomic E-state index is 0.109. The predicted molar refractivity (Wildman–Crippen MR) is 101 cm³/mol. The van der Waals surface area contributed by atoms with Gasteiger partial charge in [-0.05, 0) is 60.1 Å². The van der Waals surface area contributed by atoms with E-state index in [4.69, 9.17) is 4.74 Å². The zero-order valence-electron chi connectivity index (χ0n) is 14.0. The first-order valence-electron chi connectivity index (χ1n) is 8.15. The van der Waals surface area contributed by atoms with Crippen molar-refractivity contribution in [1.29, 1.82) is 0 Å². The molecule has 0 radical (unpaired) electrons. The van der Waals surface area contributed by atoms with Gasteiger partial charge in [0.2, 0.25) is 5.12 Å². The van der Waals surface area contributed by atoms with Crippen LogP contribution in [0.5, 0.6) is 5.75 Å². The highest BCUT2D eigenvalue weighted by molar-refractivity contribution is 8.14. The van der Waals surface area contributed by atoms with Crippen LogP contribution in [0.2, 0.25) is 0 Å². The number of benzene rings is 2. The number of hydrogen-bond acceptors (Lipinski definition) is 3. The lowest BCUT2D eigenvalue weighted by molar-refractivity contribution is 0.108. The minimum Gasteiger partial charge on any atom is -0.497 e. The molecule has 0 aromatic heterocycles. The summed E-state index contributed by atoms with van der Waals surface area (Å²) in [6.07, 6.45) is 4.98. The summed E-state index contributed by atoms with van der Waals surface area (Å²) >= 11 is 1.42. The third-order valence-electron chi connectivity index (χ3n) is 4.66. The van der Waals surface area contributed by atoms with E-state index in [0.29, 0.717) is 0 Å². The number of methoxy groups -OCH3 is 1. The van der Waals surface area contributed by atoms with E-state index in [0.717, 1.165) is 36.3 Å². The molecule has 1 aliphatic rings. The van der Waals surface area contributed by atoms with Crippen LogP contribution in [0.15, 0.2) is 61.2 Å². The van der Waals surface area contributed by atoms with Crippen LogP contribution >= 0.6 is 11.8 Å². The van der Waals surface area contributed by atoms with Crippen molar-refractivity contribution in [2.24, 2.45) is 5.41 Å². The van der Waals surface area contributed by atoms with Gasteiger partial charge in [-0.15, -0.1) is 6.58 Å². The normalized spacial score (nSPS) is 14.9. The Labute approximate surface area is 147 Å². The van der Waals surface area contributed by atoms with E-state index in [9.17, 15) is 4.79 Å². The van der Waals surface area contributed by atoms with Gasteiger partial charge < -0.3 is 4.74 Å². The van der Waals surface area contributed by atoms with Gasteiger partial charge in [-0.2, -0.15) is 0 Å². The third kappa shape index (κ3) is 3.57. The summed E-state index contributed by atoms with van der Waals surface area (Å²) in [4.78, 5) is 12.5. The van der Waals surface area contributed by atoms with E-state index in [1.165, 1.54) is 22.9 Å². The first-order chi connectivity index (χ1) is 11.7. The fraction of sp³-hybridized carbons (Fsp3) is 0.286. The molecule has 3 heteroatoms. The highest BCUT2D eigenvalue weighted by atomic mass is 32.2. The van der Waals surface area contributed by atoms with Crippen LogP contribution in [0, 0.1) is 5.41 Å². The molecular formula is C21H22O2S. The Morgan fingerprint density at radius 1 is 1.17 bits per heavy atom. The van der Waals surface area contributed by atoms with Gasteiger partial charge in [0.15, 0.2) is 0 Å². The van der Waals surface area contributed by atoms with Crippen molar-refractivity contribution < 1.29 is 9.53 Å². The first-order valence-corrected chi connectivity index (χ1v) is 9.13. The number of rotatable bonds is 6. The lowest BCUT2D eigenvalue weighted by Crippen LogP contribution is -2.24. The van der Waals surface area contributed by atoms with E-state index in [1.54, 1.807) is 7.11 Å². The minimum atomic E-state index is 0.109. The fourth-order valence-corrected chi connectivity index (χ4v) is 4.48. The average molecular weight is 338 g/mol. The van der Waals surface area contributed by atoms with E-state index in [1.807, 2.05) is 30.3 Å². The SMILES string of the molecule is C=CCC1(CSC(=O)c2ccc(OC)cc2)Cc2ccccc2C1. The summed E-state index contributed by atoms with van der Waals surface area (Å²) in [5, 5.41) is 0.122. The Hall–Kier alpha value is -2.00. The Morgan fingerprint density at radius 3 is 2.33 bits per heavy atom. The van der Waals surface area contributed by atoms with E-state index < -0.39 is 0 Å². The molecule has 2 nitrogen and oxygen atoms in total. The van der Waals surface area contributed by atoms with Crippen molar-refractivity contribution in [3.8, 4) is 5.75 Å². The van der Waals surface area contributed by atoms with E-state index >= 15 is 0 Å². The zero-order chi connectivity index (χ0) is 17.0. The molecule has 0 bridgehead atoms. The number of carbonyl (C=O) groups excluding carboxylic acids is 1. The molecule has 124 valence electrons. The molecule has 0 heterocycles. The predicted octanol–water partition coefficient (Wildman–Crippen LogP) is 4.93. The van der Waals surface area contributed by atoms with Crippen molar-refractivity contribution in [2.45, 2.75) is 19.3 Å². The van der Waals surface area contributed by atoms with Gasteiger partial charge >= 0.3 is 0 Å². The lowest BCUT2D eigenvalue weighted by atomic mass is 9.83. The number of carbonyl (C=O) groups is 1. The number of hydrogen-bond donors (Lipinski definition) is 0. The maximum atomic E-state index is 12.5. The average Bonchev–Trinajstić information content (AvgIpc) is 2.98. The summed E-state index contributed by atoms with van der Waals surface area (Å²) < 4.78 is 5.14. The van der Waals surface area contributed by atoms with Crippen molar-refractivity contribution in [1.82, 2.24) is 0 Å². The maximum Gasteiger partial charge on any atom is 0.219 e. The molecule has 0 saturated heterocycles. The molecule has 3 rings (SSSR count). The van der Waals surface area contributed by atoms with Crippen LogP contribution < -0.4 is 4.74 Å². The van der Waals surface area contributed by atoms with Crippen LogP contribution in [0.4, 0.5) is 0 Å². The molecule has 2 aromatic rings. The molecule has 0 atom stereocenters. The quantitative estimate of drug-likeness (QED) is 0.699. The standard InChI is InChI=1S/C21H22O2S/c1-3-12-21(13-17-6-4-5-7-18(17)14-21)15-24-20(22)16-8-10-19(23-2)11-9-16/h3-11H,1,12-15H2,2H3. The van der Waals surface area contributed by atoms with Crippen LogP contribution in [0.3, 0.4) is 0 Å². The number of allylic oxidation sites excluding steroid dienone is 1. The summed E-state index contributed by atoms with van der Waals surface area (Å²) in [7, 11) is 1.63. The third-order valence-corrected chi connectivity index (χ3v) is 5.92. The molecule has 2 aromatic carbocycles. The number of thioether (sulfide) groups is 1. The maximum absolute atomic E-state index is 12.5. The molecule has 0 fully saturated rings. The van der Waals surface area contributed by atoms with E-state index in [-0.39, 0.29) is 10.5 Å². The molecule has 1 aliphatic carbocycles. The zero-order valence-corrected chi connectivity index (χ0v) is 14.8. The smallest absolute Gasteiger partial charge is 0.219 e. The van der Waals surface area contributed by atoms with Crippen molar-refractivity contribution in [3.63, 3.8) is 0 Å². The molecule has 0 spiro atoms. The van der Waals surface area contributed by atoms with Gasteiger partial charge in [0.25, 0.3) is 0 Å². The van der Waals surface area contributed by atoms with Crippen molar-refractivity contribution in [2.75, 3.05) is 12.9 Å². The van der Waals surface area contributed by atoms with Crippen LogP contribution in [0.25, 0.3) is 0 Å². The second-order valence-corrected chi connectivity index (χ2v) is 7.37. The Morgan fingerprint density at radius 2 is 1.79 bits per heavy atom. The largest absolute Gasteiger partial charge is 0.497 e. The Kier molecular flexibility index (Phi) is 5.10. The van der Waals surface area contributed by atoms with E-state index in [2.05, 4.69) is 30.8 Å². The number of fused-ring (bicyclic) bond motifs is 1.